The second-order valence-corrected chi connectivity index (χ2v) is 4.82. The molecule has 18 heavy (non-hydrogen) atoms. The fourth-order valence-corrected chi connectivity index (χ4v) is 2.47. The highest BCUT2D eigenvalue weighted by Gasteiger charge is 2.35. The normalized spacial score (nSPS) is 18.7. The van der Waals surface area contributed by atoms with Crippen LogP contribution in [0.1, 0.15) is 30.7 Å². The maximum absolute atomic E-state index is 10.9. The van der Waals surface area contributed by atoms with Crippen LogP contribution in [0.2, 0.25) is 0 Å². The van der Waals surface area contributed by atoms with Gasteiger partial charge in [0.15, 0.2) is 11.5 Å². The van der Waals surface area contributed by atoms with Gasteiger partial charge in [0.1, 0.15) is 0 Å². The summed E-state index contributed by atoms with van der Waals surface area (Å²) in [5.74, 6) is 0.411. The molecular formula is C13H14O5. The van der Waals surface area contributed by atoms with Gasteiger partial charge < -0.3 is 19.7 Å². The van der Waals surface area contributed by atoms with Gasteiger partial charge in [-0.05, 0) is 42.4 Å². The van der Waals surface area contributed by atoms with Crippen molar-refractivity contribution in [1.29, 1.82) is 0 Å². The molecule has 1 aromatic carbocycles. The van der Waals surface area contributed by atoms with E-state index >= 15 is 0 Å². The van der Waals surface area contributed by atoms with Crippen LogP contribution in [0.25, 0.3) is 0 Å². The first kappa shape index (κ1) is 11.2. The molecule has 1 aromatic rings. The van der Waals surface area contributed by atoms with Crippen molar-refractivity contribution < 1.29 is 24.5 Å². The number of aromatic hydroxyl groups is 1. The maximum Gasteiger partial charge on any atom is 0.303 e. The molecule has 1 saturated carbocycles. The van der Waals surface area contributed by atoms with Gasteiger partial charge in [0.2, 0.25) is 12.5 Å². The van der Waals surface area contributed by atoms with E-state index in [2.05, 4.69) is 0 Å². The molecule has 1 heterocycles. The first-order chi connectivity index (χ1) is 8.65. The number of fused-ring (bicyclic) bond motifs is 1. The number of rotatable bonds is 4. The number of carbonyl (C=O) groups is 1. The van der Waals surface area contributed by atoms with E-state index in [1.807, 2.05) is 0 Å². The number of aliphatic carboxylic acids is 1. The summed E-state index contributed by atoms with van der Waals surface area (Å²) >= 11 is 0. The quantitative estimate of drug-likeness (QED) is 0.855. The molecule has 1 fully saturated rings. The summed E-state index contributed by atoms with van der Waals surface area (Å²) in [6, 6.07) is 3.38. The van der Waals surface area contributed by atoms with E-state index < -0.39 is 5.97 Å². The third-order valence-electron chi connectivity index (χ3n) is 3.49. The minimum atomic E-state index is -0.816. The van der Waals surface area contributed by atoms with Crippen molar-refractivity contribution in [3.05, 3.63) is 17.7 Å². The molecule has 96 valence electrons. The van der Waals surface area contributed by atoms with Crippen LogP contribution in [-0.4, -0.2) is 23.0 Å². The Hall–Kier alpha value is -1.91. The first-order valence-electron chi connectivity index (χ1n) is 5.99. The minimum absolute atomic E-state index is 0.0241. The minimum Gasteiger partial charge on any atom is -0.504 e. The lowest BCUT2D eigenvalue weighted by atomic mass is 9.90. The average Bonchev–Trinajstić information content (AvgIpc) is 3.03. The van der Waals surface area contributed by atoms with E-state index in [0.29, 0.717) is 17.4 Å². The topological polar surface area (TPSA) is 76.0 Å². The Balaban J connectivity index is 1.94. The zero-order chi connectivity index (χ0) is 12.7. The highest BCUT2D eigenvalue weighted by atomic mass is 16.7. The van der Waals surface area contributed by atoms with Gasteiger partial charge >= 0.3 is 5.97 Å². The lowest BCUT2D eigenvalue weighted by Gasteiger charge is -2.15. The first-order valence-corrected chi connectivity index (χ1v) is 5.99. The molecular weight excluding hydrogens is 236 g/mol. The number of hydrogen-bond donors (Lipinski definition) is 2. The molecule has 0 aromatic heterocycles. The van der Waals surface area contributed by atoms with Crippen molar-refractivity contribution in [1.82, 2.24) is 0 Å². The molecule has 1 aliphatic carbocycles. The molecule has 0 bridgehead atoms. The van der Waals surface area contributed by atoms with Gasteiger partial charge in [-0.1, -0.05) is 0 Å². The second-order valence-electron chi connectivity index (χ2n) is 4.82. The molecule has 3 rings (SSSR count). The maximum atomic E-state index is 10.9. The number of hydrogen-bond acceptors (Lipinski definition) is 4. The highest BCUT2D eigenvalue weighted by Crippen LogP contribution is 2.49. The molecule has 5 nitrogen and oxygen atoms in total. The van der Waals surface area contributed by atoms with Crippen molar-refractivity contribution in [3.8, 4) is 17.2 Å². The standard InChI is InChI=1S/C13H14O5/c14-10-3-8(4-11-13(10)18-6-17-11)9(5-12(15)16)7-1-2-7/h3-4,7,9,14H,1-2,5-6H2,(H,15,16). The zero-order valence-corrected chi connectivity index (χ0v) is 9.76. The van der Waals surface area contributed by atoms with Gasteiger partial charge in [-0.25, -0.2) is 0 Å². The van der Waals surface area contributed by atoms with Gasteiger partial charge in [-0.3, -0.25) is 4.79 Å². The van der Waals surface area contributed by atoms with E-state index in [4.69, 9.17) is 14.6 Å². The Morgan fingerprint density at radius 2 is 2.17 bits per heavy atom. The summed E-state index contributed by atoms with van der Waals surface area (Å²) in [4.78, 5) is 10.9. The molecule has 0 saturated heterocycles. The largest absolute Gasteiger partial charge is 0.504 e. The molecule has 5 heteroatoms. The predicted molar refractivity (Wildman–Crippen MR) is 61.9 cm³/mol. The molecule has 0 spiro atoms. The SMILES string of the molecule is O=C(O)CC(c1cc(O)c2c(c1)OCO2)C1CC1. The van der Waals surface area contributed by atoms with Gasteiger partial charge in [0.05, 0.1) is 6.42 Å². The summed E-state index contributed by atoms with van der Waals surface area (Å²) in [5, 5.41) is 18.8. The smallest absolute Gasteiger partial charge is 0.303 e. The van der Waals surface area contributed by atoms with Crippen LogP contribution in [0.3, 0.4) is 0 Å². The highest BCUT2D eigenvalue weighted by molar-refractivity contribution is 5.68. The Bertz CT molecular complexity index is 492. The van der Waals surface area contributed by atoms with Crippen LogP contribution in [0, 0.1) is 5.92 Å². The van der Waals surface area contributed by atoms with E-state index in [1.165, 1.54) is 0 Å². The number of ether oxygens (including phenoxy) is 2. The van der Waals surface area contributed by atoms with Crippen molar-refractivity contribution >= 4 is 5.97 Å². The fourth-order valence-electron chi connectivity index (χ4n) is 2.47. The molecule has 1 aliphatic heterocycles. The number of phenols is 1. The van der Waals surface area contributed by atoms with Gasteiger partial charge in [-0.2, -0.15) is 0 Å². The third kappa shape index (κ3) is 1.96. The monoisotopic (exact) mass is 250 g/mol. The molecule has 1 atom stereocenters. The number of carboxylic acid groups (broad SMARTS) is 1. The summed E-state index contributed by atoms with van der Waals surface area (Å²) in [6.45, 7) is 0.0966. The molecule has 0 amide bonds. The van der Waals surface area contributed by atoms with Crippen molar-refractivity contribution in [2.75, 3.05) is 6.79 Å². The Kier molecular flexibility index (Phi) is 2.54. The number of benzene rings is 1. The lowest BCUT2D eigenvalue weighted by molar-refractivity contribution is -0.137. The van der Waals surface area contributed by atoms with Crippen LogP contribution in [-0.2, 0) is 4.79 Å². The van der Waals surface area contributed by atoms with Crippen LogP contribution in [0.4, 0.5) is 0 Å². The molecule has 2 aliphatic rings. The summed E-state index contributed by atoms with van der Waals surface area (Å²) < 4.78 is 10.4. The van der Waals surface area contributed by atoms with Crippen LogP contribution in [0.5, 0.6) is 17.2 Å². The molecule has 1 unspecified atom stereocenters. The van der Waals surface area contributed by atoms with Crippen molar-refractivity contribution in [2.24, 2.45) is 5.92 Å². The van der Waals surface area contributed by atoms with E-state index in [9.17, 15) is 9.90 Å². The Labute approximate surface area is 104 Å². The summed E-state index contributed by atoms with van der Waals surface area (Å²) in [6.07, 6.45) is 2.18. The van der Waals surface area contributed by atoms with Crippen molar-refractivity contribution in [2.45, 2.75) is 25.2 Å². The van der Waals surface area contributed by atoms with Crippen LogP contribution in [0.15, 0.2) is 12.1 Å². The Morgan fingerprint density at radius 3 is 2.83 bits per heavy atom. The van der Waals surface area contributed by atoms with E-state index in [-0.39, 0.29) is 24.9 Å². The van der Waals surface area contributed by atoms with Crippen molar-refractivity contribution in [3.63, 3.8) is 0 Å². The fraction of sp³-hybridized carbons (Fsp3) is 0.462. The van der Waals surface area contributed by atoms with Gasteiger partial charge in [0, 0.05) is 0 Å². The second kappa shape index (κ2) is 4.08. The van der Waals surface area contributed by atoms with Crippen LogP contribution < -0.4 is 9.47 Å². The molecule has 0 radical (unpaired) electrons. The number of phenolic OH excluding ortho intramolecular Hbond substituents is 1. The predicted octanol–water partition coefficient (Wildman–Crippen LogP) is 2.09. The van der Waals surface area contributed by atoms with E-state index in [1.54, 1.807) is 12.1 Å². The lowest BCUT2D eigenvalue weighted by Crippen LogP contribution is -2.08. The third-order valence-corrected chi connectivity index (χ3v) is 3.49. The Morgan fingerprint density at radius 1 is 1.39 bits per heavy atom. The van der Waals surface area contributed by atoms with Gasteiger partial charge in [0.25, 0.3) is 0 Å². The molecule has 2 N–H and O–H groups in total. The van der Waals surface area contributed by atoms with Crippen LogP contribution >= 0.6 is 0 Å². The summed E-state index contributed by atoms with van der Waals surface area (Å²) in [7, 11) is 0. The van der Waals surface area contributed by atoms with Gasteiger partial charge in [-0.15, -0.1) is 0 Å². The van der Waals surface area contributed by atoms with E-state index in [0.717, 1.165) is 18.4 Å². The summed E-state index contributed by atoms with van der Waals surface area (Å²) in [5.41, 5.74) is 0.821. The zero-order valence-electron chi connectivity index (χ0n) is 9.76. The number of carboxylic acids is 1. The average molecular weight is 250 g/mol.